The van der Waals surface area contributed by atoms with E-state index in [4.69, 9.17) is 9.47 Å². The van der Waals surface area contributed by atoms with E-state index in [1.165, 1.54) is 16.9 Å². The maximum Gasteiger partial charge on any atom is 0.265 e. The maximum atomic E-state index is 13.7. The lowest BCUT2D eigenvalue weighted by molar-refractivity contribution is -0.170. The van der Waals surface area contributed by atoms with Crippen LogP contribution in [0.25, 0.3) is 0 Å². The zero-order chi connectivity index (χ0) is 21.7. The standard InChI is InChI=1S/C23H29N3O4S/c1-2-25-11-13-29-19-9-4-3-7-18(19)8-5-6-10-23(22(25)28)16-26(12-14-30-23)21(27)20-15-24-17-31-20/h3-4,7,9,15,17H,2,5-6,8,10-14,16H2,1H3. The number of rotatable bonds is 2. The minimum Gasteiger partial charge on any atom is -0.491 e. The molecule has 2 aliphatic rings. The Hall–Kier alpha value is -2.45. The fourth-order valence-electron chi connectivity index (χ4n) is 4.36. The van der Waals surface area contributed by atoms with Gasteiger partial charge in [0.25, 0.3) is 11.8 Å². The summed E-state index contributed by atoms with van der Waals surface area (Å²) in [6.45, 7) is 4.55. The molecule has 8 heteroatoms. The molecule has 4 rings (SSSR count). The molecule has 0 radical (unpaired) electrons. The largest absolute Gasteiger partial charge is 0.491 e. The highest BCUT2D eigenvalue weighted by Gasteiger charge is 2.46. The quantitative estimate of drug-likeness (QED) is 0.714. The first kappa shape index (κ1) is 21.8. The SMILES string of the molecule is CCN1CCOc2ccccc2CCCCC2(CN(C(=O)c3cncs3)CCO2)C1=O. The molecule has 0 saturated carbocycles. The molecule has 2 aliphatic heterocycles. The van der Waals surface area contributed by atoms with Crippen molar-refractivity contribution in [2.75, 3.05) is 39.4 Å². The van der Waals surface area contributed by atoms with Crippen molar-refractivity contribution in [2.24, 2.45) is 0 Å². The van der Waals surface area contributed by atoms with Gasteiger partial charge in [0.15, 0.2) is 5.60 Å². The van der Waals surface area contributed by atoms with E-state index < -0.39 is 5.60 Å². The van der Waals surface area contributed by atoms with E-state index in [-0.39, 0.29) is 18.4 Å². The number of amides is 2. The number of likely N-dealkylation sites (N-methyl/N-ethyl adjacent to an activating group) is 1. The number of fused-ring (bicyclic) bond motifs is 1. The zero-order valence-corrected chi connectivity index (χ0v) is 18.7. The van der Waals surface area contributed by atoms with Gasteiger partial charge in [-0.3, -0.25) is 14.6 Å². The van der Waals surface area contributed by atoms with Gasteiger partial charge in [-0.15, -0.1) is 11.3 Å². The normalized spacial score (nSPS) is 22.9. The van der Waals surface area contributed by atoms with Crippen LogP contribution < -0.4 is 4.74 Å². The van der Waals surface area contributed by atoms with Gasteiger partial charge >= 0.3 is 0 Å². The second-order valence-electron chi connectivity index (χ2n) is 7.98. The number of hydrogen-bond acceptors (Lipinski definition) is 6. The summed E-state index contributed by atoms with van der Waals surface area (Å²) in [5, 5.41) is 0. The van der Waals surface area contributed by atoms with E-state index in [9.17, 15) is 9.59 Å². The first-order valence-electron chi connectivity index (χ1n) is 10.9. The summed E-state index contributed by atoms with van der Waals surface area (Å²) in [6, 6.07) is 8.11. The molecule has 2 amide bonds. The molecular weight excluding hydrogens is 414 g/mol. The molecule has 1 aromatic heterocycles. The summed E-state index contributed by atoms with van der Waals surface area (Å²) in [6.07, 6.45) is 4.83. The Kier molecular flexibility index (Phi) is 6.87. The van der Waals surface area contributed by atoms with Crippen molar-refractivity contribution >= 4 is 23.2 Å². The first-order chi connectivity index (χ1) is 15.1. The lowest BCUT2D eigenvalue weighted by atomic mass is 9.91. The highest BCUT2D eigenvalue weighted by atomic mass is 32.1. The number of morpholine rings is 1. The molecule has 166 valence electrons. The lowest BCUT2D eigenvalue weighted by Gasteiger charge is -2.44. The average Bonchev–Trinajstić information content (AvgIpc) is 3.34. The number of hydrogen-bond donors (Lipinski definition) is 0. The number of thiazole rings is 1. The van der Waals surface area contributed by atoms with E-state index in [1.54, 1.807) is 21.5 Å². The summed E-state index contributed by atoms with van der Waals surface area (Å²) in [5.74, 6) is 0.773. The molecule has 1 fully saturated rings. The molecule has 0 N–H and O–H groups in total. The van der Waals surface area contributed by atoms with E-state index in [2.05, 4.69) is 11.1 Å². The van der Waals surface area contributed by atoms with Crippen LogP contribution in [-0.4, -0.2) is 71.6 Å². The van der Waals surface area contributed by atoms with Gasteiger partial charge in [-0.1, -0.05) is 18.2 Å². The Morgan fingerprint density at radius 3 is 2.90 bits per heavy atom. The molecule has 31 heavy (non-hydrogen) atoms. The van der Waals surface area contributed by atoms with Crippen molar-refractivity contribution in [3.8, 4) is 5.75 Å². The fourth-order valence-corrected chi connectivity index (χ4v) is 4.94. The maximum absolute atomic E-state index is 13.7. The first-order valence-corrected chi connectivity index (χ1v) is 11.8. The third-order valence-corrected chi connectivity index (χ3v) is 6.80. The van der Waals surface area contributed by atoms with E-state index in [1.807, 2.05) is 25.1 Å². The third-order valence-electron chi connectivity index (χ3n) is 6.04. The van der Waals surface area contributed by atoms with Crippen LogP contribution in [-0.2, 0) is 16.0 Å². The Labute approximate surface area is 187 Å². The average molecular weight is 444 g/mol. The number of benzene rings is 1. The van der Waals surface area contributed by atoms with Crippen LogP contribution in [0.3, 0.4) is 0 Å². The van der Waals surface area contributed by atoms with Gasteiger partial charge < -0.3 is 19.3 Å². The van der Waals surface area contributed by atoms with Crippen molar-refractivity contribution in [1.29, 1.82) is 0 Å². The Balaban J connectivity index is 1.56. The predicted octanol–water partition coefficient (Wildman–Crippen LogP) is 3.01. The molecule has 3 heterocycles. The number of aryl methyl sites for hydroxylation is 1. The van der Waals surface area contributed by atoms with Crippen LogP contribution in [0.4, 0.5) is 0 Å². The highest BCUT2D eigenvalue weighted by Crippen LogP contribution is 2.30. The minimum atomic E-state index is -1.01. The van der Waals surface area contributed by atoms with Crippen LogP contribution in [0.5, 0.6) is 5.75 Å². The smallest absolute Gasteiger partial charge is 0.265 e. The summed E-state index contributed by atoms with van der Waals surface area (Å²) in [7, 11) is 0. The second-order valence-corrected chi connectivity index (χ2v) is 8.87. The monoisotopic (exact) mass is 443 g/mol. The molecule has 1 atom stereocenters. The van der Waals surface area contributed by atoms with Crippen LogP contribution >= 0.6 is 11.3 Å². The Morgan fingerprint density at radius 2 is 2.10 bits per heavy atom. The van der Waals surface area contributed by atoms with Gasteiger partial charge in [0.2, 0.25) is 0 Å². The summed E-state index contributed by atoms with van der Waals surface area (Å²) in [5.41, 5.74) is 1.84. The molecule has 7 nitrogen and oxygen atoms in total. The molecule has 2 aromatic rings. The molecule has 1 aromatic carbocycles. The highest BCUT2D eigenvalue weighted by molar-refractivity contribution is 7.11. The predicted molar refractivity (Wildman–Crippen MR) is 118 cm³/mol. The molecule has 1 spiro atoms. The lowest BCUT2D eigenvalue weighted by Crippen LogP contribution is -2.62. The van der Waals surface area contributed by atoms with Crippen molar-refractivity contribution in [1.82, 2.24) is 14.8 Å². The summed E-state index contributed by atoms with van der Waals surface area (Å²) < 4.78 is 12.2. The number of ether oxygens (including phenoxy) is 2. The van der Waals surface area contributed by atoms with E-state index in [0.717, 1.165) is 25.0 Å². The summed E-state index contributed by atoms with van der Waals surface area (Å²) >= 11 is 1.32. The number of para-hydroxylation sites is 1. The van der Waals surface area contributed by atoms with Gasteiger partial charge in [0.05, 0.1) is 31.4 Å². The number of nitrogens with zero attached hydrogens (tertiary/aromatic N) is 3. The molecular formula is C23H29N3O4S. The Bertz CT molecular complexity index is 904. The molecule has 0 bridgehead atoms. The van der Waals surface area contributed by atoms with Gasteiger partial charge in [-0.2, -0.15) is 0 Å². The number of carbonyl (C=O) groups is 2. The topological polar surface area (TPSA) is 72.0 Å². The van der Waals surface area contributed by atoms with Gasteiger partial charge in [0, 0.05) is 13.1 Å². The van der Waals surface area contributed by atoms with Crippen LogP contribution in [0, 0.1) is 0 Å². The minimum absolute atomic E-state index is 0.0470. The number of carbonyl (C=O) groups excluding carboxylic acids is 2. The van der Waals surface area contributed by atoms with Crippen LogP contribution in [0.15, 0.2) is 36.0 Å². The molecule has 1 saturated heterocycles. The third kappa shape index (κ3) is 4.75. The van der Waals surface area contributed by atoms with Crippen molar-refractivity contribution in [3.63, 3.8) is 0 Å². The van der Waals surface area contributed by atoms with E-state index >= 15 is 0 Å². The second kappa shape index (κ2) is 9.78. The molecule has 0 aliphatic carbocycles. The van der Waals surface area contributed by atoms with Crippen molar-refractivity contribution in [3.05, 3.63) is 46.4 Å². The van der Waals surface area contributed by atoms with Gasteiger partial charge in [-0.05, 0) is 44.2 Å². The Morgan fingerprint density at radius 1 is 1.23 bits per heavy atom. The van der Waals surface area contributed by atoms with Crippen LogP contribution in [0.1, 0.15) is 41.4 Å². The summed E-state index contributed by atoms with van der Waals surface area (Å²) in [4.78, 5) is 34.8. The van der Waals surface area contributed by atoms with Gasteiger partial charge in [0.1, 0.15) is 17.2 Å². The van der Waals surface area contributed by atoms with Crippen molar-refractivity contribution < 1.29 is 19.1 Å². The van der Waals surface area contributed by atoms with Crippen molar-refractivity contribution in [2.45, 2.75) is 38.2 Å². The molecule has 1 unspecified atom stereocenters. The zero-order valence-electron chi connectivity index (χ0n) is 17.9. The fraction of sp³-hybridized carbons (Fsp3) is 0.522. The van der Waals surface area contributed by atoms with Gasteiger partial charge in [-0.25, -0.2) is 0 Å². The number of aromatic nitrogens is 1. The van der Waals surface area contributed by atoms with Crippen LogP contribution in [0.2, 0.25) is 0 Å². The van der Waals surface area contributed by atoms with E-state index in [0.29, 0.717) is 44.1 Å².